The molecule has 3 rings (SSSR count). The Bertz CT molecular complexity index is 608. The van der Waals surface area contributed by atoms with Crippen LogP contribution in [0.2, 0.25) is 0 Å². The van der Waals surface area contributed by atoms with Gasteiger partial charge in [-0.25, -0.2) is 4.98 Å². The van der Waals surface area contributed by atoms with Gasteiger partial charge < -0.3 is 14.7 Å². The number of pyridine rings is 1. The van der Waals surface area contributed by atoms with Gasteiger partial charge in [0.25, 0.3) is 5.91 Å². The van der Waals surface area contributed by atoms with Gasteiger partial charge in [-0.3, -0.25) is 9.59 Å². The summed E-state index contributed by atoms with van der Waals surface area (Å²) >= 11 is 0. The molecule has 0 saturated carbocycles. The van der Waals surface area contributed by atoms with Gasteiger partial charge in [-0.1, -0.05) is 6.92 Å². The molecule has 2 amide bonds. The van der Waals surface area contributed by atoms with Crippen molar-refractivity contribution in [2.45, 2.75) is 45.6 Å². The van der Waals surface area contributed by atoms with Gasteiger partial charge in [0.1, 0.15) is 5.69 Å². The number of carbonyl (C=O) groups is 2. The summed E-state index contributed by atoms with van der Waals surface area (Å²) in [4.78, 5) is 34.7. The molecule has 6 heteroatoms. The van der Waals surface area contributed by atoms with Gasteiger partial charge in [-0.15, -0.1) is 0 Å². The van der Waals surface area contributed by atoms with E-state index in [-0.39, 0.29) is 11.8 Å². The highest BCUT2D eigenvalue weighted by molar-refractivity contribution is 5.92. The number of anilines is 1. The normalized spacial score (nSPS) is 21.4. The molecule has 2 fully saturated rings. The summed E-state index contributed by atoms with van der Waals surface area (Å²) in [7, 11) is 0. The van der Waals surface area contributed by atoms with E-state index in [1.807, 2.05) is 21.9 Å². The molecule has 1 atom stereocenters. The van der Waals surface area contributed by atoms with E-state index >= 15 is 0 Å². The Morgan fingerprint density at radius 1 is 1.12 bits per heavy atom. The van der Waals surface area contributed by atoms with Gasteiger partial charge in [0, 0.05) is 45.7 Å². The maximum atomic E-state index is 12.8. The predicted octanol–water partition coefficient (Wildman–Crippen LogP) is 2.15. The lowest BCUT2D eigenvalue weighted by atomic mass is 9.99. The van der Waals surface area contributed by atoms with Gasteiger partial charge in [0.15, 0.2) is 0 Å². The third kappa shape index (κ3) is 3.94. The molecule has 0 aromatic carbocycles. The minimum absolute atomic E-state index is 0.0551. The fourth-order valence-corrected chi connectivity index (χ4v) is 3.82. The smallest absolute Gasteiger partial charge is 0.272 e. The van der Waals surface area contributed by atoms with E-state index in [2.05, 4.69) is 16.8 Å². The molecule has 0 aliphatic carbocycles. The van der Waals surface area contributed by atoms with Crippen LogP contribution in [0.3, 0.4) is 0 Å². The summed E-state index contributed by atoms with van der Waals surface area (Å²) < 4.78 is 0. The van der Waals surface area contributed by atoms with E-state index in [1.54, 1.807) is 13.1 Å². The minimum atomic E-state index is 0.0551. The molecule has 0 spiro atoms. The van der Waals surface area contributed by atoms with E-state index in [4.69, 9.17) is 0 Å². The van der Waals surface area contributed by atoms with Crippen LogP contribution in [0, 0.1) is 0 Å². The van der Waals surface area contributed by atoms with E-state index < -0.39 is 0 Å². The zero-order valence-electron chi connectivity index (χ0n) is 15.3. The van der Waals surface area contributed by atoms with Crippen molar-refractivity contribution in [3.63, 3.8) is 0 Å². The fraction of sp³-hybridized carbons (Fsp3) is 0.632. The molecule has 3 heterocycles. The molecule has 0 radical (unpaired) electrons. The largest absolute Gasteiger partial charge is 0.367 e. The van der Waals surface area contributed by atoms with Crippen molar-refractivity contribution in [3.8, 4) is 0 Å². The highest BCUT2D eigenvalue weighted by atomic mass is 16.2. The second-order valence-corrected chi connectivity index (χ2v) is 6.95. The average Bonchev–Trinajstić information content (AvgIpc) is 2.67. The van der Waals surface area contributed by atoms with E-state index in [0.717, 1.165) is 57.7 Å². The first-order valence-electron chi connectivity index (χ1n) is 9.37. The van der Waals surface area contributed by atoms with Crippen LogP contribution in [0.1, 0.15) is 50.0 Å². The van der Waals surface area contributed by atoms with Gasteiger partial charge in [0.2, 0.25) is 5.91 Å². The molecule has 2 saturated heterocycles. The zero-order valence-corrected chi connectivity index (χ0v) is 15.3. The maximum Gasteiger partial charge on any atom is 0.272 e. The van der Waals surface area contributed by atoms with E-state index in [0.29, 0.717) is 11.7 Å². The molecule has 2 aliphatic heterocycles. The molecular formula is C19H28N4O2. The highest BCUT2D eigenvalue weighted by Crippen LogP contribution is 2.22. The van der Waals surface area contributed by atoms with Crippen molar-refractivity contribution in [1.29, 1.82) is 0 Å². The Kier molecular flexibility index (Phi) is 5.56. The van der Waals surface area contributed by atoms with Crippen LogP contribution in [-0.2, 0) is 4.79 Å². The molecular weight excluding hydrogens is 316 g/mol. The molecule has 136 valence electrons. The average molecular weight is 344 g/mol. The van der Waals surface area contributed by atoms with Crippen LogP contribution in [-0.4, -0.2) is 65.4 Å². The fourth-order valence-electron chi connectivity index (χ4n) is 3.82. The lowest BCUT2D eigenvalue weighted by Crippen LogP contribution is -2.48. The van der Waals surface area contributed by atoms with Gasteiger partial charge in [0.05, 0.1) is 11.9 Å². The molecule has 1 unspecified atom stereocenters. The quantitative estimate of drug-likeness (QED) is 0.843. The summed E-state index contributed by atoms with van der Waals surface area (Å²) in [5.41, 5.74) is 1.55. The predicted molar refractivity (Wildman–Crippen MR) is 97.7 cm³/mol. The van der Waals surface area contributed by atoms with Crippen molar-refractivity contribution < 1.29 is 9.59 Å². The van der Waals surface area contributed by atoms with Crippen LogP contribution < -0.4 is 4.90 Å². The second-order valence-electron chi connectivity index (χ2n) is 6.95. The van der Waals surface area contributed by atoms with Crippen molar-refractivity contribution >= 4 is 17.5 Å². The van der Waals surface area contributed by atoms with Crippen molar-refractivity contribution in [2.24, 2.45) is 0 Å². The molecule has 25 heavy (non-hydrogen) atoms. The third-order valence-electron chi connectivity index (χ3n) is 5.42. The third-order valence-corrected chi connectivity index (χ3v) is 5.42. The zero-order chi connectivity index (χ0) is 17.8. The van der Waals surface area contributed by atoms with Crippen LogP contribution in [0.15, 0.2) is 18.3 Å². The van der Waals surface area contributed by atoms with Crippen LogP contribution >= 0.6 is 0 Å². The number of hydrogen-bond acceptors (Lipinski definition) is 4. The molecule has 2 aliphatic rings. The Morgan fingerprint density at radius 2 is 1.88 bits per heavy atom. The Balaban J connectivity index is 1.64. The number of likely N-dealkylation sites (tertiary alicyclic amines) is 1. The summed E-state index contributed by atoms with van der Waals surface area (Å²) in [6.07, 6.45) is 6.19. The first-order valence-corrected chi connectivity index (χ1v) is 9.37. The number of piperidine rings is 1. The Labute approximate surface area is 149 Å². The topological polar surface area (TPSA) is 56.8 Å². The summed E-state index contributed by atoms with van der Waals surface area (Å²) in [5.74, 6) is 0.185. The summed E-state index contributed by atoms with van der Waals surface area (Å²) in [6, 6.07) is 4.17. The summed E-state index contributed by atoms with van der Waals surface area (Å²) in [5, 5.41) is 0. The lowest BCUT2D eigenvalue weighted by Gasteiger charge is -2.36. The SMILES string of the molecule is CCC1CCCCN1C(=O)c1ccc(N2CCN(C(C)=O)CC2)cn1. The van der Waals surface area contributed by atoms with Crippen molar-refractivity contribution in [1.82, 2.24) is 14.8 Å². The number of piperazine rings is 1. The minimum Gasteiger partial charge on any atom is -0.367 e. The van der Waals surface area contributed by atoms with Gasteiger partial charge >= 0.3 is 0 Å². The Morgan fingerprint density at radius 3 is 2.48 bits per heavy atom. The number of amides is 2. The van der Waals surface area contributed by atoms with Crippen molar-refractivity contribution in [2.75, 3.05) is 37.6 Å². The number of rotatable bonds is 3. The second kappa shape index (κ2) is 7.85. The van der Waals surface area contributed by atoms with Crippen LogP contribution in [0.5, 0.6) is 0 Å². The molecule has 0 bridgehead atoms. The number of nitrogens with zero attached hydrogens (tertiary/aromatic N) is 4. The number of hydrogen-bond donors (Lipinski definition) is 0. The van der Waals surface area contributed by atoms with Crippen LogP contribution in [0.4, 0.5) is 5.69 Å². The monoisotopic (exact) mass is 344 g/mol. The first kappa shape index (κ1) is 17.7. The Hall–Kier alpha value is -2.11. The summed E-state index contributed by atoms with van der Waals surface area (Å²) in [6.45, 7) is 7.68. The standard InChI is InChI=1S/C19H28N4O2/c1-3-16-6-4-5-9-23(16)19(25)18-8-7-17(14-20-18)22-12-10-21(11-13-22)15(2)24/h7-8,14,16H,3-6,9-13H2,1-2H3. The van der Waals surface area contributed by atoms with Crippen LogP contribution in [0.25, 0.3) is 0 Å². The van der Waals surface area contributed by atoms with Gasteiger partial charge in [-0.2, -0.15) is 0 Å². The molecule has 0 N–H and O–H groups in total. The highest BCUT2D eigenvalue weighted by Gasteiger charge is 2.27. The van der Waals surface area contributed by atoms with Gasteiger partial charge in [-0.05, 0) is 37.8 Å². The van der Waals surface area contributed by atoms with Crippen molar-refractivity contribution in [3.05, 3.63) is 24.0 Å². The number of carbonyl (C=O) groups excluding carboxylic acids is 2. The first-order chi connectivity index (χ1) is 12.1. The maximum absolute atomic E-state index is 12.8. The lowest BCUT2D eigenvalue weighted by molar-refractivity contribution is -0.129. The van der Waals surface area contributed by atoms with E-state index in [1.165, 1.54) is 6.42 Å². The molecule has 1 aromatic rings. The molecule has 1 aromatic heterocycles. The van der Waals surface area contributed by atoms with E-state index in [9.17, 15) is 9.59 Å². The molecule has 6 nitrogen and oxygen atoms in total. The number of aromatic nitrogens is 1.